The van der Waals surface area contributed by atoms with E-state index in [0.717, 1.165) is 22.1 Å². The molecule has 1 N–H and O–H groups in total. The molecule has 0 spiro atoms. The number of benzene rings is 1. The second kappa shape index (κ2) is 8.13. The third kappa shape index (κ3) is 5.48. The molecule has 3 aromatic rings. The number of thiazole rings is 1. The van der Waals surface area contributed by atoms with Gasteiger partial charge in [-0.1, -0.05) is 0 Å². The Balaban J connectivity index is 1.81. The summed E-state index contributed by atoms with van der Waals surface area (Å²) in [5.74, 6) is -0.685. The summed E-state index contributed by atoms with van der Waals surface area (Å²) in [5, 5.41) is 6.25. The van der Waals surface area contributed by atoms with Crippen LogP contribution in [-0.2, 0) is 25.8 Å². The van der Waals surface area contributed by atoms with Crippen LogP contribution in [0.3, 0.4) is 0 Å². The molecule has 0 fully saturated rings. The van der Waals surface area contributed by atoms with Crippen LogP contribution in [0.4, 0.5) is 31.5 Å². The van der Waals surface area contributed by atoms with E-state index in [1.165, 1.54) is 19.3 Å². The van der Waals surface area contributed by atoms with Crippen LogP contribution in [0.1, 0.15) is 32.1 Å². The zero-order valence-corrected chi connectivity index (χ0v) is 16.3. The van der Waals surface area contributed by atoms with Gasteiger partial charge in [-0.15, -0.1) is 11.3 Å². The number of halogens is 6. The molecule has 1 aromatic carbocycles. The fourth-order valence-electron chi connectivity index (χ4n) is 2.55. The lowest BCUT2D eigenvalue weighted by Gasteiger charge is -2.13. The number of hydrogen-bond acceptors (Lipinski definition) is 5. The molecular weight excluding hydrogens is 450 g/mol. The van der Waals surface area contributed by atoms with Crippen molar-refractivity contribution in [2.45, 2.75) is 18.8 Å². The smallest absolute Gasteiger partial charge is 0.296 e. The van der Waals surface area contributed by atoms with E-state index in [0.29, 0.717) is 17.0 Å². The monoisotopic (exact) mass is 462 g/mol. The number of carbonyl (C=O) groups excluding carboxylic acids is 1. The van der Waals surface area contributed by atoms with Crippen LogP contribution < -0.4 is 10.9 Å². The Bertz CT molecular complexity index is 1150. The molecule has 1 amide bonds. The lowest BCUT2D eigenvalue weighted by Crippen LogP contribution is -2.23. The Morgan fingerprint density at radius 1 is 1.06 bits per heavy atom. The van der Waals surface area contributed by atoms with Gasteiger partial charge in [0.15, 0.2) is 5.13 Å². The molecule has 0 aliphatic carbocycles. The summed E-state index contributed by atoms with van der Waals surface area (Å²) in [6.07, 6.45) is -8.89. The topological polar surface area (TPSA) is 76.9 Å². The summed E-state index contributed by atoms with van der Waals surface area (Å²) in [4.78, 5) is 27.7. The minimum Gasteiger partial charge on any atom is -0.296 e. The fourth-order valence-corrected chi connectivity index (χ4v) is 3.40. The Hall–Kier alpha value is -3.22. The van der Waals surface area contributed by atoms with Crippen molar-refractivity contribution in [1.29, 1.82) is 0 Å². The highest BCUT2D eigenvalue weighted by Crippen LogP contribution is 2.37. The van der Waals surface area contributed by atoms with E-state index in [1.807, 2.05) is 0 Å². The molecule has 0 unspecified atom stereocenters. The van der Waals surface area contributed by atoms with Crippen molar-refractivity contribution < 1.29 is 31.1 Å². The van der Waals surface area contributed by atoms with Crippen LogP contribution in [0.15, 0.2) is 41.3 Å². The van der Waals surface area contributed by atoms with Gasteiger partial charge in [0.25, 0.3) is 11.5 Å². The second-order valence-corrected chi connectivity index (χ2v) is 7.47. The van der Waals surface area contributed by atoms with Crippen molar-refractivity contribution in [2.75, 3.05) is 5.32 Å². The first kappa shape index (κ1) is 22.5. The van der Waals surface area contributed by atoms with E-state index in [9.17, 15) is 35.9 Å². The maximum absolute atomic E-state index is 13.0. The van der Waals surface area contributed by atoms with Crippen LogP contribution in [-0.4, -0.2) is 20.7 Å². The van der Waals surface area contributed by atoms with E-state index in [1.54, 1.807) is 0 Å². The number of aromatic nitrogens is 3. The lowest BCUT2D eigenvalue weighted by atomic mass is 10.0. The summed E-state index contributed by atoms with van der Waals surface area (Å²) in [6.45, 7) is 0. The molecule has 0 aliphatic heterocycles. The van der Waals surface area contributed by atoms with E-state index in [4.69, 9.17) is 0 Å². The Morgan fingerprint density at radius 2 is 1.68 bits per heavy atom. The van der Waals surface area contributed by atoms with Crippen molar-refractivity contribution in [3.8, 4) is 0 Å². The maximum atomic E-state index is 13.0. The quantitative estimate of drug-likeness (QED) is 0.592. The largest absolute Gasteiger partial charge is 0.416 e. The molecular formula is C18H12F6N4O2S. The molecule has 0 radical (unpaired) electrons. The minimum atomic E-state index is -4.94. The summed E-state index contributed by atoms with van der Waals surface area (Å²) in [7, 11) is 1.35. The molecule has 0 aliphatic rings. The highest BCUT2D eigenvalue weighted by atomic mass is 32.1. The number of hydrogen-bond donors (Lipinski definition) is 1. The molecule has 13 heteroatoms. The first-order valence-corrected chi connectivity index (χ1v) is 9.23. The van der Waals surface area contributed by atoms with Crippen molar-refractivity contribution in [3.63, 3.8) is 0 Å². The predicted octanol–water partition coefficient (Wildman–Crippen LogP) is 4.12. The molecule has 164 valence electrons. The molecule has 3 rings (SSSR count). The van der Waals surface area contributed by atoms with Gasteiger partial charge in [0.2, 0.25) is 0 Å². The number of anilines is 1. The number of rotatable bonds is 4. The average Bonchev–Trinajstić information content (AvgIpc) is 3.09. The first-order chi connectivity index (χ1) is 14.3. The zero-order valence-electron chi connectivity index (χ0n) is 15.5. The van der Waals surface area contributed by atoms with E-state index >= 15 is 0 Å². The predicted molar refractivity (Wildman–Crippen MR) is 98.8 cm³/mol. The average molecular weight is 462 g/mol. The zero-order chi connectivity index (χ0) is 23.0. The van der Waals surface area contributed by atoms with Gasteiger partial charge in [0, 0.05) is 30.6 Å². The molecule has 6 nitrogen and oxygen atoms in total. The van der Waals surface area contributed by atoms with E-state index in [-0.39, 0.29) is 28.9 Å². The van der Waals surface area contributed by atoms with Gasteiger partial charge < -0.3 is 0 Å². The summed E-state index contributed by atoms with van der Waals surface area (Å²) in [5.41, 5.74) is -3.52. The number of alkyl halides is 6. The van der Waals surface area contributed by atoms with Gasteiger partial charge in [-0.25, -0.2) is 9.67 Å². The minimum absolute atomic E-state index is 0.0575. The molecule has 2 aromatic heterocycles. The van der Waals surface area contributed by atoms with Crippen molar-refractivity contribution >= 4 is 22.4 Å². The van der Waals surface area contributed by atoms with Gasteiger partial charge in [0.1, 0.15) is 5.69 Å². The number of aryl methyl sites for hydroxylation is 1. The van der Waals surface area contributed by atoms with Gasteiger partial charge in [-0.2, -0.15) is 31.4 Å². The summed E-state index contributed by atoms with van der Waals surface area (Å²) < 4.78 is 78.9. The third-order valence-corrected chi connectivity index (χ3v) is 4.91. The molecule has 0 saturated heterocycles. The van der Waals surface area contributed by atoms with Crippen molar-refractivity contribution in [1.82, 2.24) is 14.8 Å². The lowest BCUT2D eigenvalue weighted by molar-refractivity contribution is -0.143. The maximum Gasteiger partial charge on any atom is 0.416 e. The summed E-state index contributed by atoms with van der Waals surface area (Å²) in [6, 6.07) is 3.68. The number of amides is 1. The van der Waals surface area contributed by atoms with Crippen LogP contribution in [0, 0.1) is 0 Å². The Morgan fingerprint density at radius 3 is 2.23 bits per heavy atom. The SMILES string of the molecule is Cn1nc(C(=O)Nc2ncc(Cc3cc(C(F)(F)F)cc(C(F)(F)F)c3)s2)ccc1=O. The Kier molecular flexibility index (Phi) is 5.89. The standard InChI is InChI=1S/C18H12F6N4O2S/c1-28-14(29)3-2-13(27-28)15(30)26-16-25-8-12(31-16)6-9-4-10(17(19,20)21)7-11(5-9)18(22,23)24/h2-5,7-8H,6H2,1H3,(H,25,26,30). The van der Waals surface area contributed by atoms with Crippen LogP contribution >= 0.6 is 11.3 Å². The highest BCUT2D eigenvalue weighted by Gasteiger charge is 2.36. The summed E-state index contributed by atoms with van der Waals surface area (Å²) >= 11 is 0.883. The molecule has 2 heterocycles. The number of carbonyl (C=O) groups is 1. The van der Waals surface area contributed by atoms with E-state index in [2.05, 4.69) is 15.4 Å². The van der Waals surface area contributed by atoms with E-state index < -0.39 is 34.9 Å². The number of nitrogens with zero attached hydrogens (tertiary/aromatic N) is 3. The molecule has 31 heavy (non-hydrogen) atoms. The second-order valence-electron chi connectivity index (χ2n) is 6.36. The van der Waals surface area contributed by atoms with Crippen LogP contribution in [0.25, 0.3) is 0 Å². The van der Waals surface area contributed by atoms with Gasteiger partial charge in [0.05, 0.1) is 11.1 Å². The van der Waals surface area contributed by atoms with Crippen LogP contribution in [0.5, 0.6) is 0 Å². The van der Waals surface area contributed by atoms with Crippen LogP contribution in [0.2, 0.25) is 0 Å². The molecule has 0 atom stereocenters. The van der Waals surface area contributed by atoms with Gasteiger partial charge in [-0.3, -0.25) is 14.9 Å². The molecule has 0 bridgehead atoms. The normalized spacial score (nSPS) is 12.1. The third-order valence-electron chi connectivity index (χ3n) is 3.99. The highest BCUT2D eigenvalue weighted by molar-refractivity contribution is 7.15. The van der Waals surface area contributed by atoms with Gasteiger partial charge in [-0.05, 0) is 29.8 Å². The van der Waals surface area contributed by atoms with Gasteiger partial charge >= 0.3 is 12.4 Å². The van der Waals surface area contributed by atoms with Crippen molar-refractivity contribution in [2.24, 2.45) is 7.05 Å². The Labute approximate surface area is 174 Å². The van der Waals surface area contributed by atoms with Crippen molar-refractivity contribution in [3.05, 3.63) is 74.1 Å². The number of nitrogens with one attached hydrogen (secondary N) is 1. The molecule has 0 saturated carbocycles. The fraction of sp³-hybridized carbons (Fsp3) is 0.222. The first-order valence-electron chi connectivity index (χ1n) is 8.42.